The first kappa shape index (κ1) is 32.5. The predicted molar refractivity (Wildman–Crippen MR) is 232 cm³/mol. The Kier molecular flexibility index (Phi) is 7.04. The summed E-state index contributed by atoms with van der Waals surface area (Å²) in [6.45, 7) is 13.6. The van der Waals surface area contributed by atoms with Crippen LogP contribution >= 0.6 is 0 Å². The van der Waals surface area contributed by atoms with Gasteiger partial charge >= 0.3 is 0 Å². The van der Waals surface area contributed by atoms with Crippen LogP contribution in [0.2, 0.25) is 0 Å². The minimum Gasteiger partial charge on any atom is -0.310 e. The summed E-state index contributed by atoms with van der Waals surface area (Å²) < 4.78 is 2.41. The van der Waals surface area contributed by atoms with Crippen LogP contribution in [0.1, 0.15) is 52.7 Å². The molecule has 0 saturated heterocycles. The highest BCUT2D eigenvalue weighted by atomic mass is 15.1. The molecule has 2 heteroatoms. The number of para-hydroxylation sites is 2. The van der Waals surface area contributed by atoms with Gasteiger partial charge in [0.05, 0.1) is 11.0 Å². The summed E-state index contributed by atoms with van der Waals surface area (Å²) in [5, 5.41) is 7.61. The standard InChI is InChI=1S/C52H44N2/c1-51(2,3)37-17-23-39(24-18-37)53(40-25-19-38(20-26-40)52(4,5)6)41-21-15-33-29-45-46-30-34-16-22-42(28-36(34)32-48(46)47(45)31-35(33)27-41)54-49-13-9-7-11-43(49)44-12-8-10-14-50(44)54/h7-32H,1-6H3. The molecule has 9 aromatic rings. The number of benzene rings is 8. The highest BCUT2D eigenvalue weighted by molar-refractivity contribution is 6.13. The maximum atomic E-state index is 2.41. The van der Waals surface area contributed by atoms with E-state index in [2.05, 4.69) is 209 Å². The van der Waals surface area contributed by atoms with E-state index in [9.17, 15) is 0 Å². The predicted octanol–water partition coefficient (Wildman–Crippen LogP) is 14.8. The molecule has 1 heterocycles. The van der Waals surface area contributed by atoms with E-state index in [4.69, 9.17) is 0 Å². The van der Waals surface area contributed by atoms with Crippen molar-refractivity contribution in [3.05, 3.63) is 169 Å². The third kappa shape index (κ3) is 5.16. The van der Waals surface area contributed by atoms with Crippen molar-refractivity contribution >= 4 is 60.4 Å². The second kappa shape index (κ2) is 11.7. The fraction of sp³-hybridized carbons (Fsp3) is 0.154. The minimum absolute atomic E-state index is 0.0940. The van der Waals surface area contributed by atoms with Crippen LogP contribution in [0, 0.1) is 0 Å². The Hall–Kier alpha value is -6.12. The van der Waals surface area contributed by atoms with Crippen LogP contribution in [0.5, 0.6) is 0 Å². The Labute approximate surface area is 317 Å². The SMILES string of the molecule is CC(C)(C)c1ccc(N(c2ccc(C(C)(C)C)cc2)c2ccc3cc4c(cc3c2)-c2cc3cc(-n5c6ccccc6c6ccccc65)ccc3cc2-4)cc1. The van der Waals surface area contributed by atoms with Crippen molar-refractivity contribution in [3.63, 3.8) is 0 Å². The molecule has 262 valence electrons. The van der Waals surface area contributed by atoms with Crippen LogP contribution in [0.15, 0.2) is 158 Å². The van der Waals surface area contributed by atoms with Gasteiger partial charge in [-0.2, -0.15) is 0 Å². The molecule has 10 rings (SSSR count). The second-order valence-electron chi connectivity index (χ2n) is 17.2. The van der Waals surface area contributed by atoms with E-state index in [1.165, 1.54) is 82.4 Å². The summed E-state index contributed by atoms with van der Waals surface area (Å²) in [6, 6.07) is 59.1. The first-order valence-corrected chi connectivity index (χ1v) is 19.2. The molecule has 0 aliphatic heterocycles. The minimum atomic E-state index is 0.0940. The largest absolute Gasteiger partial charge is 0.310 e. The monoisotopic (exact) mass is 696 g/mol. The second-order valence-corrected chi connectivity index (χ2v) is 17.2. The van der Waals surface area contributed by atoms with Crippen molar-refractivity contribution in [2.24, 2.45) is 0 Å². The molecular weight excluding hydrogens is 653 g/mol. The van der Waals surface area contributed by atoms with E-state index in [1.807, 2.05) is 0 Å². The van der Waals surface area contributed by atoms with Crippen LogP contribution in [0.25, 0.3) is 71.3 Å². The molecule has 0 amide bonds. The number of rotatable bonds is 4. The zero-order valence-electron chi connectivity index (χ0n) is 31.9. The van der Waals surface area contributed by atoms with E-state index in [0.29, 0.717) is 0 Å². The molecule has 0 atom stereocenters. The molecule has 1 aromatic heterocycles. The van der Waals surface area contributed by atoms with Gasteiger partial charge in [-0.15, -0.1) is 0 Å². The highest BCUT2D eigenvalue weighted by Crippen LogP contribution is 2.51. The number of hydrogen-bond donors (Lipinski definition) is 0. The van der Waals surface area contributed by atoms with Crippen molar-refractivity contribution in [2.75, 3.05) is 4.90 Å². The lowest BCUT2D eigenvalue weighted by atomic mass is 9.78. The molecule has 1 aliphatic carbocycles. The summed E-state index contributed by atoms with van der Waals surface area (Å²) in [6.07, 6.45) is 0. The van der Waals surface area contributed by atoms with Crippen LogP contribution in [0.3, 0.4) is 0 Å². The van der Waals surface area contributed by atoms with Crippen molar-refractivity contribution in [2.45, 2.75) is 52.4 Å². The van der Waals surface area contributed by atoms with E-state index in [-0.39, 0.29) is 10.8 Å². The third-order valence-electron chi connectivity index (χ3n) is 11.6. The lowest BCUT2D eigenvalue weighted by Gasteiger charge is -2.29. The molecule has 54 heavy (non-hydrogen) atoms. The molecule has 2 nitrogen and oxygen atoms in total. The topological polar surface area (TPSA) is 8.17 Å². The first-order valence-electron chi connectivity index (χ1n) is 19.2. The van der Waals surface area contributed by atoms with E-state index >= 15 is 0 Å². The number of fused-ring (bicyclic) bond motifs is 9. The molecule has 0 N–H and O–H groups in total. The van der Waals surface area contributed by atoms with Crippen molar-refractivity contribution in [1.82, 2.24) is 4.57 Å². The van der Waals surface area contributed by atoms with Gasteiger partial charge in [0.2, 0.25) is 0 Å². The molecule has 1 aliphatic rings. The van der Waals surface area contributed by atoms with Crippen molar-refractivity contribution in [1.29, 1.82) is 0 Å². The van der Waals surface area contributed by atoms with Gasteiger partial charge in [0.1, 0.15) is 0 Å². The maximum absolute atomic E-state index is 2.41. The summed E-state index contributed by atoms with van der Waals surface area (Å²) in [5.41, 5.74) is 15.3. The molecule has 0 radical (unpaired) electrons. The van der Waals surface area contributed by atoms with E-state index < -0.39 is 0 Å². The Morgan fingerprint density at radius 3 is 1.26 bits per heavy atom. The van der Waals surface area contributed by atoms with Gasteiger partial charge in [-0.1, -0.05) is 114 Å². The van der Waals surface area contributed by atoms with Gasteiger partial charge in [-0.3, -0.25) is 0 Å². The van der Waals surface area contributed by atoms with E-state index in [0.717, 1.165) is 17.1 Å². The van der Waals surface area contributed by atoms with Crippen LogP contribution < -0.4 is 4.90 Å². The number of anilines is 3. The number of hydrogen-bond acceptors (Lipinski definition) is 1. The van der Waals surface area contributed by atoms with Gasteiger partial charge in [-0.25, -0.2) is 0 Å². The molecule has 0 spiro atoms. The fourth-order valence-corrected chi connectivity index (χ4v) is 8.55. The maximum Gasteiger partial charge on any atom is 0.0541 e. The zero-order chi connectivity index (χ0) is 36.9. The average molecular weight is 697 g/mol. The molecular formula is C52H44N2. The van der Waals surface area contributed by atoms with Crippen LogP contribution in [-0.2, 0) is 10.8 Å². The van der Waals surface area contributed by atoms with Crippen LogP contribution in [-0.4, -0.2) is 4.57 Å². The Bertz CT molecular complexity index is 2820. The molecule has 0 unspecified atom stereocenters. The summed E-state index contributed by atoms with van der Waals surface area (Å²) in [7, 11) is 0. The number of nitrogens with zero attached hydrogens (tertiary/aromatic N) is 2. The van der Waals surface area contributed by atoms with Crippen molar-refractivity contribution < 1.29 is 0 Å². The lowest BCUT2D eigenvalue weighted by Crippen LogP contribution is -2.14. The van der Waals surface area contributed by atoms with Gasteiger partial charge in [0.15, 0.2) is 0 Å². The van der Waals surface area contributed by atoms with E-state index in [1.54, 1.807) is 0 Å². The Balaban J connectivity index is 1.06. The molecule has 0 bridgehead atoms. The molecule has 8 aromatic carbocycles. The Morgan fingerprint density at radius 2 is 0.778 bits per heavy atom. The van der Waals surface area contributed by atoms with Gasteiger partial charge < -0.3 is 9.47 Å². The first-order chi connectivity index (χ1) is 26.0. The summed E-state index contributed by atoms with van der Waals surface area (Å²) in [4.78, 5) is 2.40. The smallest absolute Gasteiger partial charge is 0.0541 e. The summed E-state index contributed by atoms with van der Waals surface area (Å²) in [5.74, 6) is 0. The highest BCUT2D eigenvalue weighted by Gasteiger charge is 2.25. The third-order valence-corrected chi connectivity index (χ3v) is 11.6. The molecule has 0 fully saturated rings. The van der Waals surface area contributed by atoms with Gasteiger partial charge in [0.25, 0.3) is 0 Å². The summed E-state index contributed by atoms with van der Waals surface area (Å²) >= 11 is 0. The number of aromatic nitrogens is 1. The van der Waals surface area contributed by atoms with Gasteiger partial charge in [0, 0.05) is 33.5 Å². The Morgan fingerprint density at radius 1 is 0.370 bits per heavy atom. The quantitative estimate of drug-likeness (QED) is 0.178. The van der Waals surface area contributed by atoms with Crippen LogP contribution in [0.4, 0.5) is 17.1 Å². The normalized spacial score (nSPS) is 12.6. The van der Waals surface area contributed by atoms with Gasteiger partial charge in [-0.05, 0) is 151 Å². The lowest BCUT2D eigenvalue weighted by molar-refractivity contribution is 0.590. The van der Waals surface area contributed by atoms with Crippen molar-refractivity contribution in [3.8, 4) is 27.9 Å². The molecule has 0 saturated carbocycles. The fourth-order valence-electron chi connectivity index (χ4n) is 8.55. The zero-order valence-corrected chi connectivity index (χ0v) is 31.9. The average Bonchev–Trinajstić information content (AvgIpc) is 3.51.